The van der Waals surface area contributed by atoms with Gasteiger partial charge in [0.25, 0.3) is 0 Å². The van der Waals surface area contributed by atoms with Crippen molar-refractivity contribution in [1.29, 1.82) is 0 Å². The van der Waals surface area contributed by atoms with Crippen LogP contribution in [0.2, 0.25) is 0 Å². The molecule has 0 bridgehead atoms. The maximum Gasteiger partial charge on any atom is 0.194 e. The van der Waals surface area contributed by atoms with Gasteiger partial charge in [0.15, 0.2) is 5.96 Å². The molecule has 134 valence electrons. The minimum Gasteiger partial charge on any atom is -0.383 e. The molecule has 2 unspecified atom stereocenters. The van der Waals surface area contributed by atoms with Crippen molar-refractivity contribution in [3.63, 3.8) is 0 Å². The summed E-state index contributed by atoms with van der Waals surface area (Å²) in [6.45, 7) is 11.6. The Hall–Kier alpha value is -0.460. The first kappa shape index (κ1) is 18.9. The third-order valence-electron chi connectivity index (χ3n) is 4.76. The lowest BCUT2D eigenvalue weighted by Crippen LogP contribution is -2.48. The normalized spacial score (nSPS) is 26.7. The Bertz CT molecular complexity index is 367. The first-order chi connectivity index (χ1) is 11.3. The highest BCUT2D eigenvalue weighted by Gasteiger charge is 2.25. The van der Waals surface area contributed by atoms with Gasteiger partial charge >= 0.3 is 0 Å². The number of hydrogen-bond acceptors (Lipinski definition) is 4. The van der Waals surface area contributed by atoms with E-state index in [1.54, 1.807) is 7.11 Å². The van der Waals surface area contributed by atoms with E-state index in [2.05, 4.69) is 40.7 Å². The monoisotopic (exact) mass is 342 g/mol. The zero-order valence-corrected chi connectivity index (χ0v) is 15.9. The van der Waals surface area contributed by atoms with Crippen LogP contribution in [0.4, 0.5) is 0 Å². The molecule has 2 fully saturated rings. The summed E-state index contributed by atoms with van der Waals surface area (Å²) in [5.41, 5.74) is 0. The molecule has 2 rings (SSSR count). The molecule has 23 heavy (non-hydrogen) atoms. The maximum atomic E-state index is 5.24. The average Bonchev–Trinajstić information content (AvgIpc) is 3.04. The van der Waals surface area contributed by atoms with Gasteiger partial charge < -0.3 is 15.0 Å². The van der Waals surface area contributed by atoms with Gasteiger partial charge in [-0.05, 0) is 32.7 Å². The minimum atomic E-state index is 0.583. The van der Waals surface area contributed by atoms with E-state index in [1.165, 1.54) is 31.6 Å². The molecule has 2 saturated heterocycles. The lowest BCUT2D eigenvalue weighted by Gasteiger charge is -2.34. The van der Waals surface area contributed by atoms with E-state index in [0.29, 0.717) is 6.04 Å². The Balaban J connectivity index is 1.92. The number of guanidine groups is 1. The lowest BCUT2D eigenvalue weighted by molar-refractivity contribution is 0.142. The largest absolute Gasteiger partial charge is 0.383 e. The smallest absolute Gasteiger partial charge is 0.194 e. The summed E-state index contributed by atoms with van der Waals surface area (Å²) in [5, 5.41) is 4.25. The number of methoxy groups -OCH3 is 1. The quantitative estimate of drug-likeness (QED) is 0.565. The third kappa shape index (κ3) is 5.84. The van der Waals surface area contributed by atoms with Gasteiger partial charge in [-0.25, -0.2) is 0 Å². The first-order valence-electron chi connectivity index (χ1n) is 9.16. The third-order valence-corrected chi connectivity index (χ3v) is 6.13. The molecular weight excluding hydrogens is 308 g/mol. The maximum absolute atomic E-state index is 5.24. The number of rotatable bonds is 7. The van der Waals surface area contributed by atoms with Gasteiger partial charge in [-0.3, -0.25) is 9.89 Å². The molecule has 0 aromatic carbocycles. The van der Waals surface area contributed by atoms with Crippen molar-refractivity contribution in [3.8, 4) is 0 Å². The van der Waals surface area contributed by atoms with Crippen LogP contribution in [0.25, 0.3) is 0 Å². The summed E-state index contributed by atoms with van der Waals surface area (Å²) in [6, 6.07) is 0.583. The van der Waals surface area contributed by atoms with E-state index >= 15 is 0 Å². The van der Waals surface area contributed by atoms with E-state index in [9.17, 15) is 0 Å². The molecule has 0 saturated carbocycles. The minimum absolute atomic E-state index is 0.583. The van der Waals surface area contributed by atoms with Gasteiger partial charge in [0.05, 0.1) is 13.2 Å². The number of ether oxygens (including phenoxy) is 1. The molecular formula is C17H34N4OS. The molecule has 0 aromatic heterocycles. The zero-order chi connectivity index (χ0) is 16.5. The van der Waals surface area contributed by atoms with Crippen LogP contribution in [0, 0.1) is 0 Å². The van der Waals surface area contributed by atoms with E-state index in [-0.39, 0.29) is 0 Å². The fraction of sp³-hybridized carbons (Fsp3) is 0.941. The summed E-state index contributed by atoms with van der Waals surface area (Å²) in [5.74, 6) is 2.33. The lowest BCUT2D eigenvalue weighted by atomic mass is 10.2. The van der Waals surface area contributed by atoms with Crippen LogP contribution in [-0.4, -0.2) is 85.8 Å². The second kappa shape index (κ2) is 10.4. The SMILES string of the molecule is CCNC(=NCC1CCCN1CCOC)N1CCSC(CC)C1. The Morgan fingerprint density at radius 3 is 2.96 bits per heavy atom. The highest BCUT2D eigenvalue weighted by atomic mass is 32.2. The molecule has 1 N–H and O–H groups in total. The number of aliphatic imine (C=N–C) groups is 1. The number of nitrogens with one attached hydrogen (secondary N) is 1. The topological polar surface area (TPSA) is 40.1 Å². The van der Waals surface area contributed by atoms with Crippen LogP contribution in [0.1, 0.15) is 33.1 Å². The second-order valence-electron chi connectivity index (χ2n) is 6.37. The summed E-state index contributed by atoms with van der Waals surface area (Å²) in [7, 11) is 1.78. The van der Waals surface area contributed by atoms with Gasteiger partial charge in [-0.2, -0.15) is 11.8 Å². The van der Waals surface area contributed by atoms with Crippen LogP contribution < -0.4 is 5.32 Å². The van der Waals surface area contributed by atoms with Gasteiger partial charge in [0.2, 0.25) is 0 Å². The van der Waals surface area contributed by atoms with Crippen molar-refractivity contribution >= 4 is 17.7 Å². The predicted octanol–water partition coefficient (Wildman–Crippen LogP) is 1.89. The molecule has 0 aliphatic carbocycles. The van der Waals surface area contributed by atoms with Crippen molar-refractivity contribution in [1.82, 2.24) is 15.1 Å². The standard InChI is InChI=1S/C17H34N4OS/c1-4-16-14-21(10-12-23-16)17(18-5-2)19-13-15-7-6-8-20(15)9-11-22-3/h15-16H,4-14H2,1-3H3,(H,18,19). The van der Waals surface area contributed by atoms with Crippen molar-refractivity contribution in [2.45, 2.75) is 44.4 Å². The second-order valence-corrected chi connectivity index (χ2v) is 7.77. The molecule has 5 nitrogen and oxygen atoms in total. The molecule has 0 aromatic rings. The van der Waals surface area contributed by atoms with Crippen molar-refractivity contribution < 1.29 is 4.74 Å². The van der Waals surface area contributed by atoms with Gasteiger partial charge in [0.1, 0.15) is 0 Å². The van der Waals surface area contributed by atoms with Crippen molar-refractivity contribution in [2.75, 3.05) is 58.7 Å². The molecule has 0 amide bonds. The molecule has 2 heterocycles. The highest BCUT2D eigenvalue weighted by molar-refractivity contribution is 8.00. The van der Waals surface area contributed by atoms with Crippen LogP contribution in [0.15, 0.2) is 4.99 Å². The molecule has 0 radical (unpaired) electrons. The summed E-state index contributed by atoms with van der Waals surface area (Å²) < 4.78 is 5.24. The Morgan fingerprint density at radius 1 is 1.35 bits per heavy atom. The fourth-order valence-electron chi connectivity index (χ4n) is 3.38. The molecule has 0 spiro atoms. The van der Waals surface area contributed by atoms with Gasteiger partial charge in [-0.1, -0.05) is 6.92 Å². The summed E-state index contributed by atoms with van der Waals surface area (Å²) in [4.78, 5) is 9.99. The van der Waals surface area contributed by atoms with Gasteiger partial charge in [-0.15, -0.1) is 0 Å². The molecule has 2 aliphatic rings. The predicted molar refractivity (Wildman–Crippen MR) is 101 cm³/mol. The average molecular weight is 343 g/mol. The molecule has 6 heteroatoms. The zero-order valence-electron chi connectivity index (χ0n) is 15.1. The fourth-order valence-corrected chi connectivity index (χ4v) is 4.56. The number of likely N-dealkylation sites (tertiary alicyclic amines) is 1. The van der Waals surface area contributed by atoms with Crippen molar-refractivity contribution in [3.05, 3.63) is 0 Å². The van der Waals surface area contributed by atoms with Crippen LogP contribution in [0.3, 0.4) is 0 Å². The Morgan fingerprint density at radius 2 is 2.22 bits per heavy atom. The molecule has 2 aliphatic heterocycles. The van der Waals surface area contributed by atoms with E-state index < -0.39 is 0 Å². The van der Waals surface area contributed by atoms with E-state index in [1.807, 2.05) is 0 Å². The van der Waals surface area contributed by atoms with Crippen LogP contribution in [0.5, 0.6) is 0 Å². The number of nitrogens with zero attached hydrogens (tertiary/aromatic N) is 3. The molecule has 2 atom stereocenters. The number of thioether (sulfide) groups is 1. The first-order valence-corrected chi connectivity index (χ1v) is 10.2. The Kier molecular flexibility index (Phi) is 8.55. The highest BCUT2D eigenvalue weighted by Crippen LogP contribution is 2.21. The Labute approximate surface area is 146 Å². The van der Waals surface area contributed by atoms with Gasteiger partial charge in [0, 0.05) is 50.3 Å². The number of hydrogen-bond donors (Lipinski definition) is 1. The summed E-state index contributed by atoms with van der Waals surface area (Å²) in [6.07, 6.45) is 3.80. The van der Waals surface area contributed by atoms with E-state index in [4.69, 9.17) is 9.73 Å². The summed E-state index contributed by atoms with van der Waals surface area (Å²) >= 11 is 2.11. The van der Waals surface area contributed by atoms with Crippen LogP contribution >= 0.6 is 11.8 Å². The van der Waals surface area contributed by atoms with E-state index in [0.717, 1.165) is 50.5 Å². The van der Waals surface area contributed by atoms with Crippen molar-refractivity contribution in [2.24, 2.45) is 4.99 Å². The van der Waals surface area contributed by atoms with Crippen LogP contribution in [-0.2, 0) is 4.74 Å².